The third-order valence-electron chi connectivity index (χ3n) is 3.56. The van der Waals surface area contributed by atoms with Crippen LogP contribution >= 0.6 is 0 Å². The van der Waals surface area contributed by atoms with Gasteiger partial charge < -0.3 is 20.5 Å². The second kappa shape index (κ2) is 9.16. The summed E-state index contributed by atoms with van der Waals surface area (Å²) in [5, 5.41) is 10.3. The molecular formula is C18H20N4O4. The number of amides is 1. The zero-order chi connectivity index (χ0) is 18.9. The minimum atomic E-state index is -0.447. The summed E-state index contributed by atoms with van der Waals surface area (Å²) in [6, 6.07) is 8.72. The minimum absolute atomic E-state index is 0.143. The molecule has 0 aliphatic carbocycles. The largest absolute Gasteiger partial charge is 0.482 e. The van der Waals surface area contributed by atoms with E-state index in [1.54, 1.807) is 12.1 Å². The molecular weight excluding hydrogens is 336 g/mol. The van der Waals surface area contributed by atoms with Crippen LogP contribution in [0.1, 0.15) is 21.5 Å². The van der Waals surface area contributed by atoms with E-state index in [2.05, 4.69) is 15.0 Å². The number of nitrogens with two attached hydrogens (primary N) is 1. The molecule has 1 aromatic carbocycles. The molecule has 0 radical (unpaired) electrons. The average Bonchev–Trinajstić information content (AvgIpc) is 2.66. The van der Waals surface area contributed by atoms with Crippen molar-refractivity contribution < 1.29 is 19.1 Å². The molecule has 1 aromatic heterocycles. The van der Waals surface area contributed by atoms with Gasteiger partial charge in [0.15, 0.2) is 6.61 Å². The average molecular weight is 356 g/mol. The van der Waals surface area contributed by atoms with E-state index in [0.717, 1.165) is 5.56 Å². The molecule has 4 N–H and O–H groups in total. The number of pyridine rings is 1. The van der Waals surface area contributed by atoms with Crippen LogP contribution in [-0.4, -0.2) is 43.0 Å². The number of nitrogens with one attached hydrogen (secondary N) is 2. The highest BCUT2D eigenvalue weighted by Crippen LogP contribution is 2.12. The van der Waals surface area contributed by atoms with E-state index in [-0.39, 0.29) is 23.9 Å². The first kappa shape index (κ1) is 18.9. The van der Waals surface area contributed by atoms with Crippen LogP contribution in [0, 0.1) is 5.41 Å². The quantitative estimate of drug-likeness (QED) is 0.366. The molecule has 0 aliphatic rings. The lowest BCUT2D eigenvalue weighted by molar-refractivity contribution is -0.142. The van der Waals surface area contributed by atoms with E-state index >= 15 is 0 Å². The van der Waals surface area contributed by atoms with Crippen molar-refractivity contribution in [2.75, 3.05) is 20.3 Å². The topological polar surface area (TPSA) is 127 Å². The third kappa shape index (κ3) is 5.30. The Bertz CT molecular complexity index is 790. The maximum atomic E-state index is 12.2. The fourth-order valence-corrected chi connectivity index (χ4v) is 2.18. The number of esters is 1. The zero-order valence-corrected chi connectivity index (χ0v) is 14.3. The van der Waals surface area contributed by atoms with Gasteiger partial charge in [0.25, 0.3) is 5.91 Å². The number of hydrogen-bond donors (Lipinski definition) is 3. The Hall–Kier alpha value is -3.42. The fraction of sp³-hybridized carbons (Fsp3) is 0.222. The summed E-state index contributed by atoms with van der Waals surface area (Å²) in [6.07, 6.45) is 3.48. The van der Waals surface area contributed by atoms with Crippen LogP contribution in [-0.2, 0) is 16.0 Å². The van der Waals surface area contributed by atoms with Gasteiger partial charge in [-0.3, -0.25) is 15.2 Å². The number of carbonyl (C=O) groups is 2. The monoisotopic (exact) mass is 356 g/mol. The molecule has 0 saturated carbocycles. The fourth-order valence-electron chi connectivity index (χ4n) is 2.18. The summed E-state index contributed by atoms with van der Waals surface area (Å²) in [7, 11) is 1.30. The number of methoxy groups -OCH3 is 1. The van der Waals surface area contributed by atoms with Gasteiger partial charge in [-0.05, 0) is 30.2 Å². The number of rotatable bonds is 8. The molecule has 8 nitrogen and oxygen atoms in total. The van der Waals surface area contributed by atoms with Crippen LogP contribution in [0.5, 0.6) is 5.75 Å². The van der Waals surface area contributed by atoms with Crippen molar-refractivity contribution in [3.05, 3.63) is 59.4 Å². The first-order valence-electron chi connectivity index (χ1n) is 7.86. The maximum absolute atomic E-state index is 12.2. The van der Waals surface area contributed by atoms with Crippen molar-refractivity contribution in [2.45, 2.75) is 6.42 Å². The number of nitrogens with zero attached hydrogens (tertiary/aromatic N) is 1. The molecule has 26 heavy (non-hydrogen) atoms. The normalized spacial score (nSPS) is 10.0. The Kier molecular flexibility index (Phi) is 6.67. The van der Waals surface area contributed by atoms with Crippen molar-refractivity contribution in [1.82, 2.24) is 10.3 Å². The summed E-state index contributed by atoms with van der Waals surface area (Å²) >= 11 is 0. The lowest BCUT2D eigenvalue weighted by atomic mass is 10.1. The van der Waals surface area contributed by atoms with Gasteiger partial charge in [0.2, 0.25) is 0 Å². The first-order chi connectivity index (χ1) is 12.5. The summed E-state index contributed by atoms with van der Waals surface area (Å²) in [5.74, 6) is -0.400. The van der Waals surface area contributed by atoms with Gasteiger partial charge in [-0.25, -0.2) is 4.79 Å². The van der Waals surface area contributed by atoms with Crippen LogP contribution in [0.3, 0.4) is 0 Å². The molecule has 0 saturated heterocycles. The summed E-state index contributed by atoms with van der Waals surface area (Å²) < 4.78 is 9.77. The van der Waals surface area contributed by atoms with E-state index < -0.39 is 5.97 Å². The number of benzene rings is 1. The van der Waals surface area contributed by atoms with Crippen molar-refractivity contribution >= 4 is 17.7 Å². The van der Waals surface area contributed by atoms with E-state index in [1.807, 2.05) is 12.1 Å². The molecule has 0 atom stereocenters. The molecule has 0 spiro atoms. The number of aromatic nitrogens is 1. The molecule has 136 valence electrons. The minimum Gasteiger partial charge on any atom is -0.482 e. The van der Waals surface area contributed by atoms with Crippen LogP contribution < -0.4 is 15.8 Å². The lowest BCUT2D eigenvalue weighted by Gasteiger charge is -2.09. The molecule has 1 amide bonds. The predicted octanol–water partition coefficient (Wildman–Crippen LogP) is 0.890. The van der Waals surface area contributed by atoms with E-state index in [9.17, 15) is 9.59 Å². The molecule has 0 unspecified atom stereocenters. The maximum Gasteiger partial charge on any atom is 0.343 e. The predicted molar refractivity (Wildman–Crippen MR) is 95.2 cm³/mol. The van der Waals surface area contributed by atoms with E-state index in [4.69, 9.17) is 15.9 Å². The molecule has 2 rings (SSSR count). The Balaban J connectivity index is 1.85. The highest BCUT2D eigenvalue weighted by atomic mass is 16.6. The van der Waals surface area contributed by atoms with E-state index in [1.165, 1.54) is 25.6 Å². The van der Waals surface area contributed by atoms with Crippen molar-refractivity contribution in [1.29, 1.82) is 5.41 Å². The van der Waals surface area contributed by atoms with Gasteiger partial charge >= 0.3 is 5.97 Å². The molecule has 0 bridgehead atoms. The number of carbonyl (C=O) groups excluding carboxylic acids is 2. The Morgan fingerprint density at radius 3 is 2.58 bits per heavy atom. The number of ether oxygens (including phenoxy) is 2. The summed E-state index contributed by atoms with van der Waals surface area (Å²) in [6.45, 7) is 0.267. The van der Waals surface area contributed by atoms with Crippen LogP contribution in [0.25, 0.3) is 0 Å². The summed E-state index contributed by atoms with van der Waals surface area (Å²) in [5.41, 5.74) is 7.09. The molecule has 0 fully saturated rings. The molecule has 0 aliphatic heterocycles. The van der Waals surface area contributed by atoms with Crippen LogP contribution in [0.2, 0.25) is 0 Å². The Morgan fingerprint density at radius 2 is 1.92 bits per heavy atom. The van der Waals surface area contributed by atoms with Crippen molar-refractivity contribution in [3.63, 3.8) is 0 Å². The van der Waals surface area contributed by atoms with Crippen molar-refractivity contribution in [2.24, 2.45) is 5.73 Å². The summed E-state index contributed by atoms with van der Waals surface area (Å²) in [4.78, 5) is 27.2. The van der Waals surface area contributed by atoms with Gasteiger partial charge in [-0.15, -0.1) is 0 Å². The van der Waals surface area contributed by atoms with Gasteiger partial charge in [0.1, 0.15) is 11.6 Å². The third-order valence-corrected chi connectivity index (χ3v) is 3.56. The second-order valence-corrected chi connectivity index (χ2v) is 5.35. The molecule has 1 heterocycles. The standard InChI is InChI=1S/C18H20N4O4/c1-25-16(23)11-26-13-4-2-12(3-5-13)6-9-22-18(24)15-10-21-8-7-14(15)17(19)20/h2-5,7-8,10H,6,9,11H2,1H3,(H3,19,20)(H,22,24). The molecule has 8 heteroatoms. The Morgan fingerprint density at radius 1 is 1.19 bits per heavy atom. The Labute approximate surface area is 150 Å². The van der Waals surface area contributed by atoms with E-state index in [0.29, 0.717) is 24.3 Å². The number of amidine groups is 1. The number of nitrogen functional groups attached to an aromatic ring is 1. The SMILES string of the molecule is COC(=O)COc1ccc(CCNC(=O)c2cnccc2C(=N)N)cc1. The lowest BCUT2D eigenvalue weighted by Crippen LogP contribution is -2.28. The van der Waals surface area contributed by atoms with Crippen molar-refractivity contribution in [3.8, 4) is 5.75 Å². The first-order valence-corrected chi connectivity index (χ1v) is 7.86. The molecule has 2 aromatic rings. The van der Waals surface area contributed by atoms with Crippen LogP contribution in [0.4, 0.5) is 0 Å². The number of hydrogen-bond acceptors (Lipinski definition) is 6. The zero-order valence-electron chi connectivity index (χ0n) is 14.3. The smallest absolute Gasteiger partial charge is 0.343 e. The highest BCUT2D eigenvalue weighted by molar-refractivity contribution is 6.07. The van der Waals surface area contributed by atoms with Gasteiger partial charge in [-0.2, -0.15) is 0 Å². The van der Waals surface area contributed by atoms with Crippen LogP contribution in [0.15, 0.2) is 42.7 Å². The van der Waals surface area contributed by atoms with Gasteiger partial charge in [0.05, 0.1) is 12.7 Å². The van der Waals surface area contributed by atoms with Gasteiger partial charge in [-0.1, -0.05) is 12.1 Å². The van der Waals surface area contributed by atoms with Gasteiger partial charge in [0, 0.05) is 24.5 Å². The second-order valence-electron chi connectivity index (χ2n) is 5.35. The highest BCUT2D eigenvalue weighted by Gasteiger charge is 2.12.